The van der Waals surface area contributed by atoms with Gasteiger partial charge in [-0.3, -0.25) is 4.90 Å². The molecule has 0 aromatic rings. The predicted molar refractivity (Wildman–Crippen MR) is 61.6 cm³/mol. The first kappa shape index (κ1) is 11.4. The van der Waals surface area contributed by atoms with Gasteiger partial charge < -0.3 is 10.8 Å². The van der Waals surface area contributed by atoms with E-state index in [1.807, 2.05) is 0 Å². The Kier molecular flexibility index (Phi) is 4.00. The Morgan fingerprint density at radius 1 is 1.13 bits per heavy atom. The summed E-state index contributed by atoms with van der Waals surface area (Å²) in [5, 5.41) is 10.0. The fourth-order valence-electron chi connectivity index (χ4n) is 3.11. The van der Waals surface area contributed by atoms with E-state index in [0.29, 0.717) is 12.0 Å². The number of nitrogens with zero attached hydrogens (tertiary/aromatic N) is 1. The third kappa shape index (κ3) is 2.71. The second-order valence-corrected chi connectivity index (χ2v) is 5.16. The summed E-state index contributed by atoms with van der Waals surface area (Å²) in [5.74, 6) is 0.660. The maximum Gasteiger partial charge on any atom is 0.0695 e. The lowest BCUT2D eigenvalue weighted by atomic mass is 9.88. The van der Waals surface area contributed by atoms with Gasteiger partial charge in [-0.2, -0.15) is 0 Å². The van der Waals surface area contributed by atoms with Crippen LogP contribution < -0.4 is 5.73 Å². The molecular weight excluding hydrogens is 188 g/mol. The number of aliphatic hydroxyl groups is 1. The summed E-state index contributed by atoms with van der Waals surface area (Å²) in [6, 6.07) is 0.424. The lowest BCUT2D eigenvalue weighted by Gasteiger charge is -2.42. The van der Waals surface area contributed by atoms with E-state index in [9.17, 15) is 5.11 Å². The number of likely N-dealkylation sites (tertiary alicyclic amines) is 1. The van der Waals surface area contributed by atoms with Gasteiger partial charge in [0.1, 0.15) is 0 Å². The van der Waals surface area contributed by atoms with Crippen molar-refractivity contribution in [2.75, 3.05) is 19.6 Å². The summed E-state index contributed by atoms with van der Waals surface area (Å²) in [7, 11) is 0. The average Bonchev–Trinajstić information content (AvgIpc) is 2.30. The first-order chi connectivity index (χ1) is 7.31. The SMILES string of the molecule is NCC1CCCN(C2CCCCC2O)C1. The molecule has 2 rings (SSSR count). The Balaban J connectivity index is 1.90. The molecule has 2 fully saturated rings. The highest BCUT2D eigenvalue weighted by Gasteiger charge is 2.31. The molecule has 1 saturated heterocycles. The van der Waals surface area contributed by atoms with Crippen molar-refractivity contribution < 1.29 is 5.11 Å². The zero-order chi connectivity index (χ0) is 10.7. The minimum atomic E-state index is -0.0877. The van der Waals surface area contributed by atoms with Crippen molar-refractivity contribution in [1.29, 1.82) is 0 Å². The normalized spacial score (nSPS) is 39.2. The molecule has 0 amide bonds. The average molecular weight is 212 g/mol. The standard InChI is InChI=1S/C12H24N2O/c13-8-10-4-3-7-14(9-10)11-5-1-2-6-12(11)15/h10-12,15H,1-9,13H2. The number of hydrogen-bond acceptors (Lipinski definition) is 3. The Labute approximate surface area is 92.6 Å². The Morgan fingerprint density at radius 3 is 2.67 bits per heavy atom. The van der Waals surface area contributed by atoms with Gasteiger partial charge in [-0.1, -0.05) is 12.8 Å². The van der Waals surface area contributed by atoms with Crippen molar-refractivity contribution in [3.8, 4) is 0 Å². The van der Waals surface area contributed by atoms with Gasteiger partial charge in [-0.05, 0) is 44.7 Å². The van der Waals surface area contributed by atoms with Crippen LogP contribution in [0.1, 0.15) is 38.5 Å². The van der Waals surface area contributed by atoms with Gasteiger partial charge in [0, 0.05) is 12.6 Å². The molecule has 0 bridgehead atoms. The van der Waals surface area contributed by atoms with Crippen molar-refractivity contribution >= 4 is 0 Å². The second kappa shape index (κ2) is 5.28. The third-order valence-electron chi connectivity index (χ3n) is 4.05. The third-order valence-corrected chi connectivity index (χ3v) is 4.05. The second-order valence-electron chi connectivity index (χ2n) is 5.16. The molecule has 3 unspecified atom stereocenters. The van der Waals surface area contributed by atoms with Gasteiger partial charge in [0.15, 0.2) is 0 Å². The van der Waals surface area contributed by atoms with Gasteiger partial charge in [-0.15, -0.1) is 0 Å². The van der Waals surface area contributed by atoms with Crippen LogP contribution in [0.4, 0.5) is 0 Å². The van der Waals surface area contributed by atoms with E-state index in [-0.39, 0.29) is 6.10 Å². The summed E-state index contributed by atoms with van der Waals surface area (Å²) in [4.78, 5) is 2.49. The van der Waals surface area contributed by atoms with Crippen molar-refractivity contribution in [1.82, 2.24) is 4.90 Å². The summed E-state index contributed by atoms with van der Waals surface area (Å²) in [6.45, 7) is 3.08. The zero-order valence-electron chi connectivity index (χ0n) is 9.57. The first-order valence-corrected chi connectivity index (χ1v) is 6.43. The molecule has 1 aliphatic carbocycles. The van der Waals surface area contributed by atoms with Crippen LogP contribution in [0.15, 0.2) is 0 Å². The van der Waals surface area contributed by atoms with Crippen LogP contribution in [0, 0.1) is 5.92 Å². The highest BCUT2D eigenvalue weighted by molar-refractivity contribution is 4.86. The maximum atomic E-state index is 10.0. The molecule has 15 heavy (non-hydrogen) atoms. The molecule has 2 aliphatic rings. The van der Waals surface area contributed by atoms with E-state index in [0.717, 1.165) is 26.1 Å². The molecule has 3 atom stereocenters. The van der Waals surface area contributed by atoms with E-state index in [2.05, 4.69) is 4.90 Å². The van der Waals surface area contributed by atoms with Crippen LogP contribution in [0.25, 0.3) is 0 Å². The van der Waals surface area contributed by atoms with E-state index in [4.69, 9.17) is 5.73 Å². The number of nitrogens with two attached hydrogens (primary N) is 1. The van der Waals surface area contributed by atoms with Crippen molar-refractivity contribution in [3.05, 3.63) is 0 Å². The van der Waals surface area contributed by atoms with Gasteiger partial charge in [0.2, 0.25) is 0 Å². The molecular formula is C12H24N2O. The van der Waals surface area contributed by atoms with Crippen molar-refractivity contribution in [3.63, 3.8) is 0 Å². The van der Waals surface area contributed by atoms with Crippen LogP contribution in [0.5, 0.6) is 0 Å². The van der Waals surface area contributed by atoms with Gasteiger partial charge in [0.25, 0.3) is 0 Å². The summed E-state index contributed by atoms with van der Waals surface area (Å²) >= 11 is 0. The highest BCUT2D eigenvalue weighted by atomic mass is 16.3. The lowest BCUT2D eigenvalue weighted by molar-refractivity contribution is 0.00115. The smallest absolute Gasteiger partial charge is 0.0695 e. The first-order valence-electron chi connectivity index (χ1n) is 6.43. The Bertz CT molecular complexity index is 198. The molecule has 1 aliphatic heterocycles. The molecule has 1 heterocycles. The van der Waals surface area contributed by atoms with Crippen LogP contribution in [-0.4, -0.2) is 41.8 Å². The molecule has 3 N–H and O–H groups in total. The predicted octanol–water partition coefficient (Wildman–Crippen LogP) is 0.961. The van der Waals surface area contributed by atoms with Crippen LogP contribution in [-0.2, 0) is 0 Å². The quantitative estimate of drug-likeness (QED) is 0.717. The minimum absolute atomic E-state index is 0.0877. The van der Waals surface area contributed by atoms with Crippen LogP contribution in [0.3, 0.4) is 0 Å². The van der Waals surface area contributed by atoms with Crippen LogP contribution >= 0.6 is 0 Å². The monoisotopic (exact) mass is 212 g/mol. The molecule has 3 heteroatoms. The van der Waals surface area contributed by atoms with Gasteiger partial charge in [-0.25, -0.2) is 0 Å². The fourth-order valence-corrected chi connectivity index (χ4v) is 3.11. The maximum absolute atomic E-state index is 10.0. The highest BCUT2D eigenvalue weighted by Crippen LogP contribution is 2.27. The van der Waals surface area contributed by atoms with E-state index in [1.165, 1.54) is 32.1 Å². The molecule has 3 nitrogen and oxygen atoms in total. The zero-order valence-corrected chi connectivity index (χ0v) is 9.57. The summed E-state index contributed by atoms with van der Waals surface area (Å²) < 4.78 is 0. The number of aliphatic hydroxyl groups excluding tert-OH is 1. The molecule has 0 aromatic carbocycles. The van der Waals surface area contributed by atoms with Crippen molar-refractivity contribution in [2.24, 2.45) is 11.7 Å². The van der Waals surface area contributed by atoms with E-state index < -0.39 is 0 Å². The molecule has 0 radical (unpaired) electrons. The van der Waals surface area contributed by atoms with Gasteiger partial charge in [0.05, 0.1) is 6.10 Å². The topological polar surface area (TPSA) is 49.5 Å². The number of piperidine rings is 1. The Morgan fingerprint density at radius 2 is 1.93 bits per heavy atom. The lowest BCUT2D eigenvalue weighted by Crippen LogP contribution is -2.50. The number of hydrogen-bond donors (Lipinski definition) is 2. The van der Waals surface area contributed by atoms with E-state index >= 15 is 0 Å². The minimum Gasteiger partial charge on any atom is -0.391 e. The van der Waals surface area contributed by atoms with Gasteiger partial charge >= 0.3 is 0 Å². The largest absolute Gasteiger partial charge is 0.391 e. The molecule has 1 saturated carbocycles. The Hall–Kier alpha value is -0.120. The summed E-state index contributed by atoms with van der Waals surface area (Å²) in [5.41, 5.74) is 5.74. The molecule has 0 aromatic heterocycles. The summed E-state index contributed by atoms with van der Waals surface area (Å²) in [6.07, 6.45) is 7.10. The molecule has 88 valence electrons. The molecule has 0 spiro atoms. The van der Waals surface area contributed by atoms with Crippen molar-refractivity contribution in [2.45, 2.75) is 50.7 Å². The van der Waals surface area contributed by atoms with Crippen LogP contribution in [0.2, 0.25) is 0 Å². The van der Waals surface area contributed by atoms with E-state index in [1.54, 1.807) is 0 Å². The fraction of sp³-hybridized carbons (Fsp3) is 1.00. The number of rotatable bonds is 2.